The van der Waals surface area contributed by atoms with Gasteiger partial charge < -0.3 is 0 Å². The lowest BCUT2D eigenvalue weighted by atomic mass is 10.4. The first-order chi connectivity index (χ1) is 5.41. The molecule has 0 unspecified atom stereocenters. The Morgan fingerprint density at radius 3 is 1.50 bits per heavy atom. The number of hydrogen-bond acceptors (Lipinski definition) is 4. The predicted octanol–water partition coefficient (Wildman–Crippen LogP) is 0.0574. The van der Waals surface area contributed by atoms with Crippen molar-refractivity contribution in [2.24, 2.45) is 0 Å². The normalized spacial score (nSPS) is 34.7. The molecule has 0 aromatic rings. The van der Waals surface area contributed by atoms with Crippen molar-refractivity contribution in [3.8, 4) is 0 Å². The first kappa shape index (κ1) is 8.50. The van der Waals surface area contributed by atoms with Gasteiger partial charge >= 0.3 is 0 Å². The summed E-state index contributed by atoms with van der Waals surface area (Å²) in [5.41, 5.74) is 0. The fourth-order valence-electron chi connectivity index (χ4n) is 2.09. The summed E-state index contributed by atoms with van der Waals surface area (Å²) in [7, 11) is -6.63. The zero-order chi connectivity index (χ0) is 9.04. The Bertz CT molecular complexity index is 363. The van der Waals surface area contributed by atoms with Crippen LogP contribution in [0, 0.1) is 0 Å². The molecule has 1 aliphatic carbocycles. The van der Waals surface area contributed by atoms with Gasteiger partial charge in [0.15, 0.2) is 28.8 Å². The molecular formula is C6H10O4S2. The highest BCUT2D eigenvalue weighted by molar-refractivity contribution is 8.25. The molecule has 0 N–H and O–H groups in total. The summed E-state index contributed by atoms with van der Waals surface area (Å²) in [6.07, 6.45) is 2.08. The van der Waals surface area contributed by atoms with Gasteiger partial charge in [0.1, 0.15) is 0 Å². The molecule has 1 saturated heterocycles. The van der Waals surface area contributed by atoms with E-state index in [9.17, 15) is 16.8 Å². The highest BCUT2D eigenvalue weighted by Crippen LogP contribution is 2.49. The molecule has 4 nitrogen and oxygen atoms in total. The molecule has 1 saturated carbocycles. The average molecular weight is 210 g/mol. The first-order valence-electron chi connectivity index (χ1n) is 3.86. The van der Waals surface area contributed by atoms with Crippen LogP contribution in [0.1, 0.15) is 25.7 Å². The lowest BCUT2D eigenvalue weighted by molar-refractivity contribution is 0.526. The average Bonchev–Trinajstić information content (AvgIpc) is 2.31. The van der Waals surface area contributed by atoms with Crippen LogP contribution >= 0.6 is 0 Å². The molecule has 0 aromatic carbocycles. The van der Waals surface area contributed by atoms with Gasteiger partial charge in [-0.3, -0.25) is 0 Å². The number of sulfone groups is 2. The topological polar surface area (TPSA) is 68.3 Å². The van der Waals surface area contributed by atoms with E-state index in [1.807, 2.05) is 0 Å². The maximum absolute atomic E-state index is 11.3. The molecule has 0 amide bonds. The van der Waals surface area contributed by atoms with Crippen molar-refractivity contribution in [1.82, 2.24) is 0 Å². The van der Waals surface area contributed by atoms with E-state index < -0.39 is 28.8 Å². The minimum Gasteiger partial charge on any atom is -0.226 e. The van der Waals surface area contributed by atoms with Crippen molar-refractivity contribution in [2.45, 2.75) is 29.8 Å². The van der Waals surface area contributed by atoms with E-state index in [0.29, 0.717) is 12.8 Å². The molecule has 0 atom stereocenters. The van der Waals surface area contributed by atoms with E-state index in [1.54, 1.807) is 0 Å². The zero-order valence-corrected chi connectivity index (χ0v) is 8.12. The van der Waals surface area contributed by atoms with E-state index >= 15 is 0 Å². The van der Waals surface area contributed by atoms with E-state index in [4.69, 9.17) is 0 Å². The molecule has 12 heavy (non-hydrogen) atoms. The lowest BCUT2D eigenvalue weighted by Gasteiger charge is -2.36. The van der Waals surface area contributed by atoms with Crippen molar-refractivity contribution in [3.05, 3.63) is 0 Å². The maximum Gasteiger partial charge on any atom is 0.184 e. The molecule has 0 radical (unpaired) electrons. The Kier molecular flexibility index (Phi) is 1.44. The quantitative estimate of drug-likeness (QED) is 0.567. The van der Waals surface area contributed by atoms with Crippen molar-refractivity contribution in [3.63, 3.8) is 0 Å². The highest BCUT2D eigenvalue weighted by Gasteiger charge is 2.66. The monoisotopic (exact) mass is 210 g/mol. The summed E-state index contributed by atoms with van der Waals surface area (Å²) in [6.45, 7) is 0. The highest BCUT2D eigenvalue weighted by atomic mass is 32.3. The van der Waals surface area contributed by atoms with Gasteiger partial charge in [0.05, 0.1) is 0 Å². The fraction of sp³-hybridized carbons (Fsp3) is 1.00. The Hall–Kier alpha value is -0.100. The molecule has 0 aromatic heterocycles. The van der Waals surface area contributed by atoms with Gasteiger partial charge in [-0.25, -0.2) is 16.8 Å². The van der Waals surface area contributed by atoms with Crippen LogP contribution in [-0.2, 0) is 19.7 Å². The third-order valence-electron chi connectivity index (χ3n) is 2.81. The Morgan fingerprint density at radius 1 is 0.833 bits per heavy atom. The molecule has 70 valence electrons. The van der Waals surface area contributed by atoms with Crippen LogP contribution in [0.15, 0.2) is 0 Å². The lowest BCUT2D eigenvalue weighted by Crippen LogP contribution is -2.57. The summed E-state index contributed by atoms with van der Waals surface area (Å²) >= 11 is 0. The van der Waals surface area contributed by atoms with Gasteiger partial charge in [-0.2, -0.15) is 0 Å². The minimum absolute atomic E-state index is 0.317. The van der Waals surface area contributed by atoms with Gasteiger partial charge in [-0.1, -0.05) is 12.8 Å². The fourth-order valence-corrected chi connectivity index (χ4v) is 8.33. The van der Waals surface area contributed by atoms with Gasteiger partial charge in [0, 0.05) is 0 Å². The van der Waals surface area contributed by atoms with Crippen LogP contribution in [0.3, 0.4) is 0 Å². The minimum atomic E-state index is -3.32. The van der Waals surface area contributed by atoms with Gasteiger partial charge in [-0.05, 0) is 12.8 Å². The van der Waals surface area contributed by atoms with Crippen LogP contribution in [0.5, 0.6) is 0 Å². The molecule has 2 fully saturated rings. The van der Waals surface area contributed by atoms with E-state index in [-0.39, 0.29) is 0 Å². The summed E-state index contributed by atoms with van der Waals surface area (Å²) < 4.78 is 43.8. The Morgan fingerprint density at radius 2 is 1.25 bits per heavy atom. The van der Waals surface area contributed by atoms with E-state index in [1.165, 1.54) is 0 Å². The van der Waals surface area contributed by atoms with Crippen LogP contribution < -0.4 is 0 Å². The second kappa shape index (κ2) is 2.04. The Labute approximate surface area is 71.8 Å². The molecule has 2 rings (SSSR count). The molecule has 0 bridgehead atoms. The van der Waals surface area contributed by atoms with Crippen LogP contribution in [0.25, 0.3) is 0 Å². The molecule has 1 heterocycles. The SMILES string of the molecule is O=S1(=O)CS(=O)(=O)C12CCCC2. The molecule has 6 heteroatoms. The largest absolute Gasteiger partial charge is 0.226 e. The second-order valence-corrected chi connectivity index (χ2v) is 8.69. The van der Waals surface area contributed by atoms with E-state index in [0.717, 1.165) is 12.8 Å². The molecular weight excluding hydrogens is 200 g/mol. The van der Waals surface area contributed by atoms with Crippen LogP contribution in [0.2, 0.25) is 0 Å². The van der Waals surface area contributed by atoms with Gasteiger partial charge in [0.2, 0.25) is 0 Å². The number of rotatable bonds is 0. The van der Waals surface area contributed by atoms with Gasteiger partial charge in [-0.15, -0.1) is 0 Å². The first-order valence-corrected chi connectivity index (χ1v) is 7.16. The van der Waals surface area contributed by atoms with E-state index in [2.05, 4.69) is 0 Å². The third-order valence-corrected chi connectivity index (χ3v) is 9.90. The van der Waals surface area contributed by atoms with Crippen LogP contribution in [-0.4, -0.2) is 26.0 Å². The summed E-state index contributed by atoms with van der Waals surface area (Å²) in [5.74, 6) is 0. The zero-order valence-electron chi connectivity index (χ0n) is 6.49. The number of hydrogen-bond donors (Lipinski definition) is 0. The van der Waals surface area contributed by atoms with Crippen LogP contribution in [0.4, 0.5) is 0 Å². The second-order valence-electron chi connectivity index (χ2n) is 3.47. The predicted molar refractivity (Wildman–Crippen MR) is 43.9 cm³/mol. The summed E-state index contributed by atoms with van der Waals surface area (Å²) in [4.78, 5) is 0. The smallest absolute Gasteiger partial charge is 0.184 e. The Balaban J connectivity index is 2.58. The summed E-state index contributed by atoms with van der Waals surface area (Å²) in [6, 6.07) is 0. The summed E-state index contributed by atoms with van der Waals surface area (Å²) in [5, 5.41) is -0.625. The molecule has 1 aliphatic heterocycles. The standard InChI is InChI=1S/C6H10O4S2/c7-11(8)5-12(9,10)6(11)3-1-2-4-6/h1-5H2. The molecule has 2 aliphatic rings. The van der Waals surface area contributed by atoms with Crippen molar-refractivity contribution in [1.29, 1.82) is 0 Å². The van der Waals surface area contributed by atoms with Crippen molar-refractivity contribution < 1.29 is 16.8 Å². The van der Waals surface area contributed by atoms with Crippen molar-refractivity contribution >= 4 is 19.7 Å². The molecule has 1 spiro atoms. The van der Waals surface area contributed by atoms with Gasteiger partial charge in [0.25, 0.3) is 0 Å². The third kappa shape index (κ3) is 0.724. The maximum atomic E-state index is 11.3. The van der Waals surface area contributed by atoms with Crippen molar-refractivity contribution in [2.75, 3.05) is 5.08 Å².